The molecule has 0 bridgehead atoms. The lowest BCUT2D eigenvalue weighted by molar-refractivity contribution is 0.0409. The van der Waals surface area contributed by atoms with Gasteiger partial charge in [0.1, 0.15) is 5.75 Å². The number of carbonyl (C=O) groups is 2. The second-order valence-corrected chi connectivity index (χ2v) is 10.6. The Bertz CT molecular complexity index is 1180. The van der Waals surface area contributed by atoms with E-state index < -0.39 is 5.54 Å². The molecule has 35 heavy (non-hydrogen) atoms. The molecule has 2 unspecified atom stereocenters. The lowest BCUT2D eigenvalue weighted by atomic mass is 9.94. The smallest absolute Gasteiger partial charge is 0.321 e. The van der Waals surface area contributed by atoms with E-state index in [1.165, 1.54) is 6.42 Å². The van der Waals surface area contributed by atoms with Crippen LogP contribution in [-0.4, -0.2) is 75.2 Å². The molecule has 0 aliphatic carbocycles. The molecule has 186 valence electrons. The number of ether oxygens (including phenoxy) is 1. The van der Waals surface area contributed by atoms with E-state index in [0.717, 1.165) is 61.5 Å². The Morgan fingerprint density at radius 1 is 1.31 bits per heavy atom. The Balaban J connectivity index is 1.23. The van der Waals surface area contributed by atoms with Crippen LogP contribution in [0.2, 0.25) is 0 Å². The molecule has 6 rings (SSSR count). The van der Waals surface area contributed by atoms with Crippen LogP contribution in [0.5, 0.6) is 5.75 Å². The number of H-pyrrole nitrogens is 1. The number of nitrogens with one attached hydrogen (secondary N) is 2. The summed E-state index contributed by atoms with van der Waals surface area (Å²) in [5.41, 5.74) is 2.95. The first-order chi connectivity index (χ1) is 16.9. The molecule has 2 aromatic rings. The Hall–Kier alpha value is -3.07. The van der Waals surface area contributed by atoms with Crippen molar-refractivity contribution in [2.75, 3.05) is 31.6 Å². The molecular weight excluding hydrogens is 444 g/mol. The summed E-state index contributed by atoms with van der Waals surface area (Å²) in [7, 11) is 0. The molecular formula is C26H34N6O3. The van der Waals surface area contributed by atoms with Gasteiger partial charge in [-0.05, 0) is 63.4 Å². The monoisotopic (exact) mass is 478 g/mol. The number of rotatable bonds is 3. The van der Waals surface area contributed by atoms with E-state index in [0.29, 0.717) is 30.6 Å². The fourth-order valence-electron chi connectivity index (χ4n) is 6.30. The van der Waals surface area contributed by atoms with E-state index in [1.54, 1.807) is 6.07 Å². The number of hydrogen-bond donors (Lipinski definition) is 2. The third-order valence-electron chi connectivity index (χ3n) is 8.60. The summed E-state index contributed by atoms with van der Waals surface area (Å²) in [4.78, 5) is 33.5. The van der Waals surface area contributed by atoms with E-state index in [1.807, 2.05) is 17.0 Å². The van der Waals surface area contributed by atoms with Gasteiger partial charge in [0.05, 0.1) is 24.4 Å². The molecule has 2 fully saturated rings. The molecule has 0 radical (unpaired) electrons. The fraction of sp³-hybridized carbons (Fsp3) is 0.577. The average molecular weight is 479 g/mol. The SMILES string of the molecule is CCC1(C)c2[nH]nc(NC(=O)c3ccc4c(c3)CCO4)c2CN1C(=O)N1CC2CCCN2C[C@@H]1C. The minimum absolute atomic E-state index is 0.0777. The second-order valence-electron chi connectivity index (χ2n) is 10.6. The van der Waals surface area contributed by atoms with Crippen LogP contribution >= 0.6 is 0 Å². The Morgan fingerprint density at radius 2 is 2.17 bits per heavy atom. The highest BCUT2D eigenvalue weighted by molar-refractivity contribution is 6.04. The van der Waals surface area contributed by atoms with Gasteiger partial charge in [-0.25, -0.2) is 4.79 Å². The predicted molar refractivity (Wildman–Crippen MR) is 132 cm³/mol. The predicted octanol–water partition coefficient (Wildman–Crippen LogP) is 3.33. The summed E-state index contributed by atoms with van der Waals surface area (Å²) in [5, 5.41) is 10.6. The molecule has 4 aliphatic rings. The first-order valence-corrected chi connectivity index (χ1v) is 12.9. The third-order valence-corrected chi connectivity index (χ3v) is 8.60. The summed E-state index contributed by atoms with van der Waals surface area (Å²) < 4.78 is 5.56. The van der Waals surface area contributed by atoms with Crippen molar-refractivity contribution in [3.63, 3.8) is 0 Å². The van der Waals surface area contributed by atoms with Crippen LogP contribution in [0.3, 0.4) is 0 Å². The molecule has 1 aromatic heterocycles. The van der Waals surface area contributed by atoms with Gasteiger partial charge in [0.15, 0.2) is 5.82 Å². The number of anilines is 1. The third kappa shape index (κ3) is 3.51. The van der Waals surface area contributed by atoms with E-state index in [-0.39, 0.29) is 18.0 Å². The van der Waals surface area contributed by atoms with Gasteiger partial charge in [-0.1, -0.05) is 6.92 Å². The molecule has 9 nitrogen and oxygen atoms in total. The Labute approximate surface area is 205 Å². The molecule has 1 aromatic carbocycles. The summed E-state index contributed by atoms with van der Waals surface area (Å²) in [6.45, 7) is 10.3. The standard InChI is InChI=1S/C26H34N6O3/c1-4-26(3)22-20(15-32(26)25(34)31-14-19-6-5-10-30(19)13-16(31)2)23(29-28-22)27-24(33)18-7-8-21-17(12-18)9-11-35-21/h7-8,12,16,19H,4-6,9-11,13-15H2,1-3H3,(H2,27,28,29,33)/t16-,19?,26?/m0/s1. The summed E-state index contributed by atoms with van der Waals surface area (Å²) in [6.07, 6.45) is 3.94. The molecule has 3 amide bonds. The molecule has 9 heteroatoms. The van der Waals surface area contributed by atoms with Crippen molar-refractivity contribution >= 4 is 17.8 Å². The minimum atomic E-state index is -0.500. The van der Waals surface area contributed by atoms with Crippen LogP contribution in [0.1, 0.15) is 67.2 Å². The number of urea groups is 1. The van der Waals surface area contributed by atoms with Gasteiger partial charge in [0, 0.05) is 42.7 Å². The highest BCUT2D eigenvalue weighted by Crippen LogP contribution is 2.44. The van der Waals surface area contributed by atoms with Crippen LogP contribution in [-0.2, 0) is 18.5 Å². The molecule has 3 atom stereocenters. The Kier molecular flexibility index (Phi) is 5.28. The topological polar surface area (TPSA) is 93.8 Å². The number of piperazine rings is 1. The molecule has 0 spiro atoms. The summed E-state index contributed by atoms with van der Waals surface area (Å²) >= 11 is 0. The van der Waals surface area contributed by atoms with E-state index >= 15 is 0 Å². The molecule has 0 saturated carbocycles. The van der Waals surface area contributed by atoms with Crippen LogP contribution in [0, 0.1) is 0 Å². The summed E-state index contributed by atoms with van der Waals surface area (Å²) in [5.74, 6) is 1.15. The van der Waals surface area contributed by atoms with Gasteiger partial charge >= 0.3 is 6.03 Å². The van der Waals surface area contributed by atoms with Crippen molar-refractivity contribution in [3.05, 3.63) is 40.6 Å². The normalized spacial score (nSPS) is 27.4. The zero-order valence-electron chi connectivity index (χ0n) is 20.8. The lowest BCUT2D eigenvalue weighted by Gasteiger charge is -2.46. The van der Waals surface area contributed by atoms with Crippen molar-refractivity contribution < 1.29 is 14.3 Å². The van der Waals surface area contributed by atoms with E-state index in [9.17, 15) is 9.59 Å². The maximum Gasteiger partial charge on any atom is 0.321 e. The average Bonchev–Trinajstić information content (AvgIpc) is 3.63. The maximum absolute atomic E-state index is 13.9. The van der Waals surface area contributed by atoms with Gasteiger partial charge in [-0.3, -0.25) is 14.8 Å². The van der Waals surface area contributed by atoms with Gasteiger partial charge in [-0.15, -0.1) is 0 Å². The number of hydrogen-bond acceptors (Lipinski definition) is 5. The van der Waals surface area contributed by atoms with E-state index in [4.69, 9.17) is 4.74 Å². The zero-order chi connectivity index (χ0) is 24.3. The molecule has 5 heterocycles. The van der Waals surface area contributed by atoms with Crippen LogP contribution < -0.4 is 10.1 Å². The van der Waals surface area contributed by atoms with Crippen molar-refractivity contribution in [1.82, 2.24) is 24.9 Å². The number of nitrogens with zero attached hydrogens (tertiary/aromatic N) is 4. The van der Waals surface area contributed by atoms with Crippen LogP contribution in [0.25, 0.3) is 0 Å². The number of amides is 3. The van der Waals surface area contributed by atoms with Crippen molar-refractivity contribution in [1.29, 1.82) is 0 Å². The number of benzene rings is 1. The van der Waals surface area contributed by atoms with Crippen LogP contribution in [0.4, 0.5) is 10.6 Å². The highest BCUT2D eigenvalue weighted by Gasteiger charge is 2.49. The van der Waals surface area contributed by atoms with Gasteiger partial charge in [-0.2, -0.15) is 5.10 Å². The van der Waals surface area contributed by atoms with Gasteiger partial charge < -0.3 is 19.9 Å². The summed E-state index contributed by atoms with van der Waals surface area (Å²) in [6, 6.07) is 6.25. The first-order valence-electron chi connectivity index (χ1n) is 12.9. The molecule has 2 N–H and O–H groups in total. The number of fused-ring (bicyclic) bond motifs is 3. The lowest BCUT2D eigenvalue weighted by Crippen LogP contribution is -2.60. The molecule has 2 saturated heterocycles. The van der Waals surface area contributed by atoms with Crippen LogP contribution in [0.15, 0.2) is 18.2 Å². The van der Waals surface area contributed by atoms with Gasteiger partial charge in [0.2, 0.25) is 0 Å². The number of aromatic amines is 1. The fourth-order valence-corrected chi connectivity index (χ4v) is 6.30. The number of carbonyl (C=O) groups excluding carboxylic acids is 2. The highest BCUT2D eigenvalue weighted by atomic mass is 16.5. The van der Waals surface area contributed by atoms with E-state index in [2.05, 4.69) is 46.1 Å². The number of aromatic nitrogens is 2. The van der Waals surface area contributed by atoms with Crippen molar-refractivity contribution in [2.45, 2.75) is 70.6 Å². The first kappa shape index (κ1) is 22.4. The van der Waals surface area contributed by atoms with Crippen molar-refractivity contribution in [2.24, 2.45) is 0 Å². The quantitative estimate of drug-likeness (QED) is 0.706. The largest absolute Gasteiger partial charge is 0.493 e. The zero-order valence-corrected chi connectivity index (χ0v) is 20.8. The maximum atomic E-state index is 13.9. The van der Waals surface area contributed by atoms with Crippen molar-refractivity contribution in [3.8, 4) is 5.75 Å². The minimum Gasteiger partial charge on any atom is -0.493 e. The second kappa shape index (κ2) is 8.26. The van der Waals surface area contributed by atoms with Gasteiger partial charge in [0.25, 0.3) is 5.91 Å². The molecule has 4 aliphatic heterocycles. The Morgan fingerprint density at radius 3 is 3.00 bits per heavy atom.